The van der Waals surface area contributed by atoms with E-state index in [-0.39, 0.29) is 11.4 Å². The highest BCUT2D eigenvalue weighted by Gasteiger charge is 2.20. The maximum absolute atomic E-state index is 12.4. The van der Waals surface area contributed by atoms with Crippen LogP contribution in [-0.4, -0.2) is 37.9 Å². The summed E-state index contributed by atoms with van der Waals surface area (Å²) in [6.07, 6.45) is 1.35. The summed E-state index contributed by atoms with van der Waals surface area (Å²) in [7, 11) is -3.74. The van der Waals surface area contributed by atoms with Gasteiger partial charge in [0.15, 0.2) is 0 Å². The molecule has 0 fully saturated rings. The summed E-state index contributed by atoms with van der Waals surface area (Å²) in [6, 6.07) is 15.1. The molecule has 7 nitrogen and oxygen atoms in total. The summed E-state index contributed by atoms with van der Waals surface area (Å²) in [5.41, 5.74) is 1.09. The van der Waals surface area contributed by atoms with Crippen LogP contribution in [0.15, 0.2) is 71.6 Å². The molecule has 2 rings (SSSR count). The van der Waals surface area contributed by atoms with Crippen LogP contribution in [0.5, 0.6) is 0 Å². The fourth-order valence-electron chi connectivity index (χ4n) is 2.64. The molecule has 0 unspecified atom stereocenters. The zero-order valence-corrected chi connectivity index (χ0v) is 19.0. The zero-order chi connectivity index (χ0) is 23.1. The van der Waals surface area contributed by atoms with Crippen molar-refractivity contribution in [3.8, 4) is 0 Å². The van der Waals surface area contributed by atoms with Crippen molar-refractivity contribution in [3.63, 3.8) is 0 Å². The fourth-order valence-corrected chi connectivity index (χ4v) is 3.69. The van der Waals surface area contributed by atoms with Gasteiger partial charge in [0.2, 0.25) is 10.0 Å². The normalized spacial score (nSPS) is 14.2. The van der Waals surface area contributed by atoms with E-state index in [1.165, 1.54) is 18.2 Å². The van der Waals surface area contributed by atoms with Gasteiger partial charge in [-0.15, -0.1) is 0 Å². The van der Waals surface area contributed by atoms with Crippen LogP contribution < -0.4 is 10.0 Å². The molecular formula is C23H30N2O5S. The Morgan fingerprint density at radius 1 is 1.06 bits per heavy atom. The maximum atomic E-state index is 12.4. The number of rotatable bonds is 8. The summed E-state index contributed by atoms with van der Waals surface area (Å²) in [5.74, 6) is 0. The number of nitrogens with one attached hydrogen (secondary N) is 2. The highest BCUT2D eigenvalue weighted by molar-refractivity contribution is 7.89. The highest BCUT2D eigenvalue weighted by Crippen LogP contribution is 2.16. The number of sulfonamides is 1. The number of carbonyl (C=O) groups is 1. The van der Waals surface area contributed by atoms with E-state index in [0.717, 1.165) is 11.1 Å². The predicted octanol–water partition coefficient (Wildman–Crippen LogP) is 3.46. The average Bonchev–Trinajstić information content (AvgIpc) is 2.69. The van der Waals surface area contributed by atoms with Crippen LogP contribution in [0.25, 0.3) is 0 Å². The van der Waals surface area contributed by atoms with Gasteiger partial charge < -0.3 is 15.2 Å². The lowest BCUT2D eigenvalue weighted by Crippen LogP contribution is -2.35. The second-order valence-electron chi connectivity index (χ2n) is 8.15. The van der Waals surface area contributed by atoms with Gasteiger partial charge in [0.05, 0.1) is 17.0 Å². The van der Waals surface area contributed by atoms with Gasteiger partial charge in [0.25, 0.3) is 0 Å². The third-order valence-corrected chi connectivity index (χ3v) is 5.61. The summed E-state index contributed by atoms with van der Waals surface area (Å²) in [4.78, 5) is 12.3. The van der Waals surface area contributed by atoms with Crippen molar-refractivity contribution >= 4 is 16.1 Å². The molecule has 0 saturated carbocycles. The van der Waals surface area contributed by atoms with E-state index in [0.29, 0.717) is 0 Å². The minimum absolute atomic E-state index is 0.128. The molecule has 0 spiro atoms. The van der Waals surface area contributed by atoms with E-state index in [9.17, 15) is 18.3 Å². The first-order valence-electron chi connectivity index (χ1n) is 9.93. The van der Waals surface area contributed by atoms with Crippen molar-refractivity contribution in [2.45, 2.75) is 50.3 Å². The number of ether oxygens (including phenoxy) is 1. The first kappa shape index (κ1) is 24.6. The van der Waals surface area contributed by atoms with E-state index in [2.05, 4.69) is 10.0 Å². The highest BCUT2D eigenvalue weighted by atomic mass is 32.2. The number of hydrogen-bond donors (Lipinski definition) is 3. The van der Waals surface area contributed by atoms with Crippen molar-refractivity contribution in [1.82, 2.24) is 10.0 Å². The van der Waals surface area contributed by atoms with Gasteiger partial charge in [-0.1, -0.05) is 60.2 Å². The van der Waals surface area contributed by atoms with E-state index in [4.69, 9.17) is 4.74 Å². The van der Waals surface area contributed by atoms with Crippen molar-refractivity contribution < 1.29 is 23.1 Å². The van der Waals surface area contributed by atoms with Crippen LogP contribution in [0.1, 0.15) is 37.9 Å². The molecule has 2 atom stereocenters. The van der Waals surface area contributed by atoms with Gasteiger partial charge in [-0.05, 0) is 45.4 Å². The van der Waals surface area contributed by atoms with Crippen LogP contribution in [0.4, 0.5) is 4.79 Å². The molecule has 0 bridgehead atoms. The summed E-state index contributed by atoms with van der Waals surface area (Å²) in [5, 5.41) is 13.0. The third-order valence-electron chi connectivity index (χ3n) is 4.17. The van der Waals surface area contributed by atoms with Crippen molar-refractivity contribution in [3.05, 3.63) is 77.9 Å². The van der Waals surface area contributed by atoms with Crippen LogP contribution in [0, 0.1) is 6.92 Å². The number of benzene rings is 2. The summed E-state index contributed by atoms with van der Waals surface area (Å²) >= 11 is 0. The SMILES string of the molecule is Cc1ccc(S(=O)(=O)NC[C@H](O)/C=C\[C@H](NC(=O)OC(C)(C)C)c2ccccc2)cc1. The molecule has 0 saturated heterocycles. The lowest BCUT2D eigenvalue weighted by Gasteiger charge is -2.22. The Bertz CT molecular complexity index is 981. The number of carbonyl (C=O) groups excluding carboxylic acids is 1. The molecule has 8 heteroatoms. The van der Waals surface area contributed by atoms with Crippen molar-refractivity contribution in [1.29, 1.82) is 0 Å². The number of aliphatic hydroxyl groups is 1. The topological polar surface area (TPSA) is 105 Å². The zero-order valence-electron chi connectivity index (χ0n) is 18.2. The minimum Gasteiger partial charge on any atom is -0.444 e. The number of hydrogen-bond acceptors (Lipinski definition) is 5. The Morgan fingerprint density at radius 3 is 2.26 bits per heavy atom. The van der Waals surface area contributed by atoms with Crippen LogP contribution in [0.3, 0.4) is 0 Å². The molecule has 31 heavy (non-hydrogen) atoms. The molecule has 0 aliphatic carbocycles. The van der Waals surface area contributed by atoms with Gasteiger partial charge in [-0.2, -0.15) is 0 Å². The Hall–Kier alpha value is -2.68. The minimum atomic E-state index is -3.74. The molecule has 3 N–H and O–H groups in total. The number of aryl methyl sites for hydroxylation is 1. The molecule has 0 radical (unpaired) electrons. The lowest BCUT2D eigenvalue weighted by molar-refractivity contribution is 0.0513. The first-order valence-corrected chi connectivity index (χ1v) is 11.4. The Labute approximate surface area is 184 Å². The van der Waals surface area contributed by atoms with Crippen LogP contribution in [-0.2, 0) is 14.8 Å². The Kier molecular flexibility index (Phi) is 8.38. The van der Waals surface area contributed by atoms with E-state index < -0.39 is 33.9 Å². The predicted molar refractivity (Wildman–Crippen MR) is 120 cm³/mol. The second-order valence-corrected chi connectivity index (χ2v) is 9.92. The fraction of sp³-hybridized carbons (Fsp3) is 0.348. The van der Waals surface area contributed by atoms with E-state index in [1.54, 1.807) is 39.0 Å². The molecule has 2 aromatic carbocycles. The van der Waals surface area contributed by atoms with Crippen molar-refractivity contribution in [2.24, 2.45) is 0 Å². The second kappa shape index (κ2) is 10.6. The van der Waals surface area contributed by atoms with Gasteiger partial charge in [0, 0.05) is 6.54 Å². The van der Waals surface area contributed by atoms with Gasteiger partial charge in [-0.25, -0.2) is 17.9 Å². The molecule has 0 aromatic heterocycles. The summed E-state index contributed by atoms with van der Waals surface area (Å²) in [6.45, 7) is 6.96. The van der Waals surface area contributed by atoms with E-state index in [1.807, 2.05) is 37.3 Å². The summed E-state index contributed by atoms with van der Waals surface area (Å²) < 4.78 is 32.4. The van der Waals surface area contributed by atoms with Crippen molar-refractivity contribution in [2.75, 3.05) is 6.54 Å². The number of alkyl carbamates (subject to hydrolysis) is 1. The average molecular weight is 447 g/mol. The Morgan fingerprint density at radius 2 is 1.68 bits per heavy atom. The standard InChI is InChI=1S/C23H30N2O5S/c1-17-10-13-20(14-11-17)31(28,29)24-16-19(26)12-15-21(18-8-6-5-7-9-18)25-22(27)30-23(2,3)4/h5-15,19,21,24,26H,16H2,1-4H3,(H,25,27)/b15-12-/t19-,21+/m1/s1. The van der Waals surface area contributed by atoms with Gasteiger partial charge in [0.1, 0.15) is 5.60 Å². The Balaban J connectivity index is 2.04. The van der Waals surface area contributed by atoms with Crippen LogP contribution in [0.2, 0.25) is 0 Å². The smallest absolute Gasteiger partial charge is 0.408 e. The number of amides is 1. The van der Waals surface area contributed by atoms with Gasteiger partial charge >= 0.3 is 6.09 Å². The quantitative estimate of drug-likeness (QED) is 0.539. The first-order chi connectivity index (χ1) is 14.5. The van der Waals surface area contributed by atoms with Crippen LogP contribution >= 0.6 is 0 Å². The van der Waals surface area contributed by atoms with Gasteiger partial charge in [-0.3, -0.25) is 0 Å². The third kappa shape index (κ3) is 8.53. The molecule has 1 amide bonds. The molecular weight excluding hydrogens is 416 g/mol. The maximum Gasteiger partial charge on any atom is 0.408 e. The molecule has 0 heterocycles. The van der Waals surface area contributed by atoms with E-state index >= 15 is 0 Å². The molecule has 2 aromatic rings. The largest absolute Gasteiger partial charge is 0.444 e. The molecule has 0 aliphatic heterocycles. The number of aliphatic hydroxyl groups excluding tert-OH is 1. The lowest BCUT2D eigenvalue weighted by atomic mass is 10.1. The monoisotopic (exact) mass is 446 g/mol. The molecule has 0 aliphatic rings. The molecule has 168 valence electrons.